The zero-order valence-corrected chi connectivity index (χ0v) is 12.8. The van der Waals surface area contributed by atoms with Gasteiger partial charge in [0.25, 0.3) is 5.56 Å². The fourth-order valence-corrected chi connectivity index (χ4v) is 2.37. The molecule has 3 rings (SSSR count). The van der Waals surface area contributed by atoms with E-state index in [0.29, 0.717) is 0 Å². The van der Waals surface area contributed by atoms with E-state index in [4.69, 9.17) is 16.7 Å². The zero-order valence-electron chi connectivity index (χ0n) is 12.0. The van der Waals surface area contributed by atoms with E-state index in [1.807, 2.05) is 0 Å². The molecule has 12 heteroatoms. The number of rotatable bonds is 3. The van der Waals surface area contributed by atoms with Gasteiger partial charge in [-0.3, -0.25) is 14.6 Å². The maximum atomic E-state index is 12.3. The molecule has 0 saturated heterocycles. The predicted molar refractivity (Wildman–Crippen MR) is 81.0 cm³/mol. The fourth-order valence-electron chi connectivity index (χ4n) is 2.18. The number of aliphatic carboxylic acids is 1. The van der Waals surface area contributed by atoms with Crippen molar-refractivity contribution in [2.24, 2.45) is 11.0 Å². The summed E-state index contributed by atoms with van der Waals surface area (Å²) in [5, 5.41) is 13.4. The van der Waals surface area contributed by atoms with Gasteiger partial charge in [-0.15, -0.1) is 13.2 Å². The minimum absolute atomic E-state index is 0.00671. The second kappa shape index (κ2) is 5.92. The van der Waals surface area contributed by atoms with Crippen LogP contribution in [0.3, 0.4) is 0 Å². The Kier molecular flexibility index (Phi) is 4.03. The molecule has 2 aromatic rings. The maximum absolute atomic E-state index is 12.3. The Morgan fingerprint density at radius 1 is 1.44 bits per heavy atom. The van der Waals surface area contributed by atoms with E-state index in [1.165, 1.54) is 6.21 Å². The van der Waals surface area contributed by atoms with Crippen molar-refractivity contribution in [1.82, 2.24) is 9.97 Å². The molecule has 1 atom stereocenters. The SMILES string of the molecule is O=C(O)C1C=NN(c2nc3cc(Cl)c(OC(F)(F)F)cc3c(=O)[nH]2)C1. The van der Waals surface area contributed by atoms with Gasteiger partial charge in [-0.1, -0.05) is 11.6 Å². The van der Waals surface area contributed by atoms with Crippen LogP contribution < -0.4 is 15.3 Å². The number of hydrogen-bond acceptors (Lipinski definition) is 6. The number of alkyl halides is 3. The van der Waals surface area contributed by atoms with Crippen molar-refractivity contribution in [1.29, 1.82) is 0 Å². The predicted octanol–water partition coefficient (Wildman–Crippen LogP) is 1.98. The summed E-state index contributed by atoms with van der Waals surface area (Å²) in [6.07, 6.45) is -3.78. The second-order valence-corrected chi connectivity index (χ2v) is 5.44. The van der Waals surface area contributed by atoms with Gasteiger partial charge in [0.2, 0.25) is 5.95 Å². The van der Waals surface area contributed by atoms with Gasteiger partial charge in [-0.2, -0.15) is 5.10 Å². The Morgan fingerprint density at radius 3 is 2.76 bits per heavy atom. The number of ether oxygens (including phenoxy) is 1. The average molecular weight is 377 g/mol. The van der Waals surface area contributed by atoms with Crippen LogP contribution in [-0.4, -0.2) is 40.2 Å². The molecule has 0 fully saturated rings. The minimum atomic E-state index is -4.96. The summed E-state index contributed by atoms with van der Waals surface area (Å²) in [5.74, 6) is -2.75. The lowest BCUT2D eigenvalue weighted by molar-refractivity contribution is -0.274. The third-order valence-electron chi connectivity index (χ3n) is 3.29. The van der Waals surface area contributed by atoms with Crippen molar-refractivity contribution in [3.05, 3.63) is 27.5 Å². The molecule has 2 heterocycles. The van der Waals surface area contributed by atoms with Crippen LogP contribution in [0, 0.1) is 5.92 Å². The number of aromatic amines is 1. The van der Waals surface area contributed by atoms with Crippen LogP contribution in [0.25, 0.3) is 10.9 Å². The molecule has 0 aliphatic carbocycles. The number of aromatic nitrogens is 2. The van der Waals surface area contributed by atoms with Crippen molar-refractivity contribution >= 4 is 40.6 Å². The Hall–Kier alpha value is -2.82. The highest BCUT2D eigenvalue weighted by Crippen LogP contribution is 2.32. The third kappa shape index (κ3) is 3.50. The second-order valence-electron chi connectivity index (χ2n) is 5.03. The summed E-state index contributed by atoms with van der Waals surface area (Å²) in [7, 11) is 0. The number of nitrogens with one attached hydrogen (secondary N) is 1. The van der Waals surface area contributed by atoms with Crippen molar-refractivity contribution in [2.45, 2.75) is 6.36 Å². The van der Waals surface area contributed by atoms with E-state index in [2.05, 4.69) is 19.8 Å². The monoisotopic (exact) mass is 376 g/mol. The first-order valence-corrected chi connectivity index (χ1v) is 7.05. The number of hydrazone groups is 1. The van der Waals surface area contributed by atoms with Gasteiger partial charge in [0, 0.05) is 6.21 Å². The molecular weight excluding hydrogens is 369 g/mol. The number of hydrogen-bond donors (Lipinski definition) is 2. The molecule has 1 aromatic heterocycles. The first-order valence-electron chi connectivity index (χ1n) is 6.68. The quantitative estimate of drug-likeness (QED) is 0.848. The van der Waals surface area contributed by atoms with Gasteiger partial charge >= 0.3 is 12.3 Å². The molecule has 0 saturated carbocycles. The van der Waals surface area contributed by atoms with Crippen LogP contribution in [0.1, 0.15) is 0 Å². The summed E-state index contributed by atoms with van der Waals surface area (Å²) in [5.41, 5.74) is -0.745. The summed E-state index contributed by atoms with van der Waals surface area (Å²) in [6, 6.07) is 1.87. The maximum Gasteiger partial charge on any atom is 0.573 e. The first-order chi connectivity index (χ1) is 11.6. The number of carboxylic acid groups (broad SMARTS) is 1. The van der Waals surface area contributed by atoms with Gasteiger partial charge in [-0.05, 0) is 12.1 Å². The van der Waals surface area contributed by atoms with Gasteiger partial charge in [0.05, 0.1) is 22.5 Å². The number of H-pyrrole nitrogens is 1. The molecule has 25 heavy (non-hydrogen) atoms. The smallest absolute Gasteiger partial charge is 0.481 e. The number of halogens is 4. The fraction of sp³-hybridized carbons (Fsp3) is 0.231. The lowest BCUT2D eigenvalue weighted by atomic mass is 10.2. The first kappa shape index (κ1) is 17.0. The molecule has 132 valence electrons. The van der Waals surface area contributed by atoms with Crippen LogP contribution in [0.5, 0.6) is 5.75 Å². The third-order valence-corrected chi connectivity index (χ3v) is 3.58. The topological polar surface area (TPSA) is 108 Å². The molecule has 0 spiro atoms. The van der Waals surface area contributed by atoms with E-state index < -0.39 is 29.6 Å². The normalized spacial score (nSPS) is 17.3. The van der Waals surface area contributed by atoms with Crippen molar-refractivity contribution in [2.75, 3.05) is 11.6 Å². The minimum Gasteiger partial charge on any atom is -0.481 e. The summed E-state index contributed by atoms with van der Waals surface area (Å²) in [4.78, 5) is 29.4. The van der Waals surface area contributed by atoms with Crippen LogP contribution in [-0.2, 0) is 4.79 Å². The lowest BCUT2D eigenvalue weighted by Crippen LogP contribution is -2.26. The summed E-state index contributed by atoms with van der Waals surface area (Å²) in [6.45, 7) is -0.0488. The van der Waals surface area contributed by atoms with Gasteiger partial charge in [0.1, 0.15) is 11.7 Å². The van der Waals surface area contributed by atoms with Gasteiger partial charge in [-0.25, -0.2) is 9.99 Å². The molecular formula is C13H8ClF3N4O4. The van der Waals surface area contributed by atoms with Crippen LogP contribution in [0.15, 0.2) is 22.0 Å². The standard InChI is InChI=1S/C13H8ClF3N4O4/c14-7-2-8-6(1-9(7)25-13(15,16)17)10(22)20-12(19-8)21-4-5(3-18-21)11(23)24/h1-3,5H,4H2,(H,23,24)(H,19,20,22). The number of fused-ring (bicyclic) bond motifs is 1. The van der Waals surface area contributed by atoms with Crippen LogP contribution in [0.2, 0.25) is 5.02 Å². The van der Waals surface area contributed by atoms with Gasteiger partial charge in [0.15, 0.2) is 0 Å². The average Bonchev–Trinajstić information content (AvgIpc) is 2.97. The van der Waals surface area contributed by atoms with E-state index in [1.54, 1.807) is 0 Å². The largest absolute Gasteiger partial charge is 0.573 e. The highest BCUT2D eigenvalue weighted by Gasteiger charge is 2.32. The zero-order chi connectivity index (χ0) is 18.4. The molecule has 8 nitrogen and oxygen atoms in total. The van der Waals surface area contributed by atoms with Crippen molar-refractivity contribution in [3.63, 3.8) is 0 Å². The highest BCUT2D eigenvalue weighted by atomic mass is 35.5. The molecule has 1 aliphatic heterocycles. The van der Waals surface area contributed by atoms with Crippen LogP contribution in [0.4, 0.5) is 19.1 Å². The molecule has 2 N–H and O–H groups in total. The highest BCUT2D eigenvalue weighted by molar-refractivity contribution is 6.32. The van der Waals surface area contributed by atoms with Crippen molar-refractivity contribution < 1.29 is 27.8 Å². The van der Waals surface area contributed by atoms with Crippen molar-refractivity contribution in [3.8, 4) is 5.75 Å². The molecule has 1 aromatic carbocycles. The molecule has 0 amide bonds. The molecule has 0 bridgehead atoms. The van der Waals surface area contributed by atoms with Crippen LogP contribution >= 0.6 is 11.6 Å². The summed E-state index contributed by atoms with van der Waals surface area (Å²) >= 11 is 5.74. The van der Waals surface area contributed by atoms with E-state index in [0.717, 1.165) is 17.1 Å². The Labute approximate surface area is 141 Å². The Balaban J connectivity index is 2.01. The van der Waals surface area contributed by atoms with Gasteiger partial charge < -0.3 is 9.84 Å². The molecule has 1 unspecified atom stereocenters. The number of carbonyl (C=O) groups is 1. The summed E-state index contributed by atoms with van der Waals surface area (Å²) < 4.78 is 40.8. The Morgan fingerprint density at radius 2 is 2.16 bits per heavy atom. The van der Waals surface area contributed by atoms with E-state index in [9.17, 15) is 22.8 Å². The lowest BCUT2D eigenvalue weighted by Gasteiger charge is -2.14. The molecule has 1 aliphatic rings. The van der Waals surface area contributed by atoms with E-state index in [-0.39, 0.29) is 28.4 Å². The number of nitrogens with zero attached hydrogens (tertiary/aromatic N) is 3. The number of anilines is 1. The van der Waals surface area contributed by atoms with E-state index >= 15 is 0 Å². The number of carboxylic acids is 1. The Bertz CT molecular complexity index is 943. The molecule has 0 radical (unpaired) electrons. The number of benzene rings is 1.